The van der Waals surface area contributed by atoms with E-state index in [1.807, 2.05) is 26.0 Å². The molecule has 0 radical (unpaired) electrons. The standard InChI is InChI=1S/C10H9NO2S2/c1-5-3-4-7(14-5)9-8(10(12)13)11-6(2)15-9/h3-4H,1-2H3,(H,12,13). The second-order valence-corrected chi connectivity index (χ2v) is 5.62. The smallest absolute Gasteiger partial charge is 0.356 e. The summed E-state index contributed by atoms with van der Waals surface area (Å²) in [5, 5.41) is 9.78. The normalized spacial score (nSPS) is 10.5. The van der Waals surface area contributed by atoms with Crippen LogP contribution in [0.2, 0.25) is 0 Å². The molecule has 0 fully saturated rings. The average Bonchev–Trinajstić information content (AvgIpc) is 2.71. The molecule has 2 rings (SSSR count). The molecular weight excluding hydrogens is 230 g/mol. The number of hydrogen-bond donors (Lipinski definition) is 1. The molecule has 0 aliphatic rings. The first-order valence-electron chi connectivity index (χ1n) is 4.35. The van der Waals surface area contributed by atoms with E-state index >= 15 is 0 Å². The quantitative estimate of drug-likeness (QED) is 0.875. The molecule has 0 amide bonds. The topological polar surface area (TPSA) is 50.2 Å². The van der Waals surface area contributed by atoms with E-state index in [4.69, 9.17) is 5.11 Å². The van der Waals surface area contributed by atoms with E-state index < -0.39 is 5.97 Å². The van der Waals surface area contributed by atoms with Gasteiger partial charge < -0.3 is 5.11 Å². The van der Waals surface area contributed by atoms with Gasteiger partial charge in [-0.2, -0.15) is 0 Å². The highest BCUT2D eigenvalue weighted by Crippen LogP contribution is 2.34. The summed E-state index contributed by atoms with van der Waals surface area (Å²) in [6.45, 7) is 3.82. The number of nitrogens with zero attached hydrogens (tertiary/aromatic N) is 1. The van der Waals surface area contributed by atoms with Gasteiger partial charge in [-0.15, -0.1) is 22.7 Å². The van der Waals surface area contributed by atoms with Crippen molar-refractivity contribution in [2.45, 2.75) is 13.8 Å². The number of aromatic carboxylic acids is 1. The molecule has 0 spiro atoms. The van der Waals surface area contributed by atoms with Crippen LogP contribution in [0.1, 0.15) is 20.4 Å². The first-order chi connectivity index (χ1) is 7.08. The van der Waals surface area contributed by atoms with Crippen LogP contribution in [0.15, 0.2) is 12.1 Å². The minimum atomic E-state index is -0.958. The average molecular weight is 239 g/mol. The van der Waals surface area contributed by atoms with Crippen LogP contribution in [-0.2, 0) is 0 Å². The third-order valence-corrected chi connectivity index (χ3v) is 4.05. The van der Waals surface area contributed by atoms with Crippen LogP contribution in [0.3, 0.4) is 0 Å². The largest absolute Gasteiger partial charge is 0.476 e. The van der Waals surface area contributed by atoms with Crippen molar-refractivity contribution in [2.24, 2.45) is 0 Å². The Balaban J connectivity index is 2.56. The van der Waals surface area contributed by atoms with E-state index in [-0.39, 0.29) is 5.69 Å². The van der Waals surface area contributed by atoms with Crippen molar-refractivity contribution < 1.29 is 9.90 Å². The first-order valence-corrected chi connectivity index (χ1v) is 5.99. The second kappa shape index (κ2) is 3.75. The maximum atomic E-state index is 11.0. The molecule has 0 unspecified atom stereocenters. The molecule has 2 aromatic rings. The zero-order valence-electron chi connectivity index (χ0n) is 8.27. The molecule has 5 heteroatoms. The van der Waals surface area contributed by atoms with Crippen LogP contribution in [0.4, 0.5) is 0 Å². The fourth-order valence-electron chi connectivity index (χ4n) is 1.30. The highest BCUT2D eigenvalue weighted by atomic mass is 32.1. The van der Waals surface area contributed by atoms with Crippen LogP contribution in [0, 0.1) is 13.8 Å². The minimum Gasteiger partial charge on any atom is -0.476 e. The van der Waals surface area contributed by atoms with Crippen molar-refractivity contribution in [1.82, 2.24) is 4.98 Å². The van der Waals surface area contributed by atoms with Crippen molar-refractivity contribution in [3.63, 3.8) is 0 Å². The number of carboxylic acids is 1. The number of rotatable bonds is 2. The van der Waals surface area contributed by atoms with Gasteiger partial charge in [-0.25, -0.2) is 9.78 Å². The lowest BCUT2D eigenvalue weighted by molar-refractivity contribution is 0.0692. The molecule has 0 saturated carbocycles. The lowest BCUT2D eigenvalue weighted by Crippen LogP contribution is -1.98. The summed E-state index contributed by atoms with van der Waals surface area (Å²) < 4.78 is 0. The molecule has 0 saturated heterocycles. The highest BCUT2D eigenvalue weighted by Gasteiger charge is 2.18. The monoisotopic (exact) mass is 239 g/mol. The number of carbonyl (C=O) groups is 1. The van der Waals surface area contributed by atoms with Crippen molar-refractivity contribution in [3.8, 4) is 9.75 Å². The Morgan fingerprint density at radius 3 is 2.60 bits per heavy atom. The lowest BCUT2D eigenvalue weighted by Gasteiger charge is -1.92. The predicted octanol–water partition coefficient (Wildman–Crippen LogP) is 3.19. The minimum absolute atomic E-state index is 0.166. The Bertz CT molecular complexity index is 513. The predicted molar refractivity (Wildman–Crippen MR) is 61.9 cm³/mol. The second-order valence-electron chi connectivity index (χ2n) is 3.13. The van der Waals surface area contributed by atoms with Crippen molar-refractivity contribution in [3.05, 3.63) is 27.7 Å². The van der Waals surface area contributed by atoms with Crippen LogP contribution < -0.4 is 0 Å². The number of thiazole rings is 1. The number of aromatic nitrogens is 1. The van der Waals surface area contributed by atoms with Gasteiger partial charge in [-0.05, 0) is 26.0 Å². The fourth-order valence-corrected chi connectivity index (χ4v) is 3.18. The van der Waals surface area contributed by atoms with Crippen molar-refractivity contribution in [1.29, 1.82) is 0 Å². The molecule has 3 nitrogen and oxygen atoms in total. The van der Waals surface area contributed by atoms with Gasteiger partial charge in [0.1, 0.15) is 0 Å². The van der Waals surface area contributed by atoms with Gasteiger partial charge in [0.05, 0.1) is 9.88 Å². The van der Waals surface area contributed by atoms with E-state index in [1.165, 1.54) is 16.2 Å². The molecule has 2 aromatic heterocycles. The summed E-state index contributed by atoms with van der Waals surface area (Å²) in [7, 11) is 0. The molecule has 1 N–H and O–H groups in total. The van der Waals surface area contributed by atoms with Crippen LogP contribution in [-0.4, -0.2) is 16.1 Å². The third-order valence-electron chi connectivity index (χ3n) is 1.90. The Morgan fingerprint density at radius 1 is 1.33 bits per heavy atom. The fraction of sp³-hybridized carbons (Fsp3) is 0.200. The van der Waals surface area contributed by atoms with E-state index in [0.29, 0.717) is 0 Å². The molecular formula is C10H9NO2S2. The number of aryl methyl sites for hydroxylation is 2. The van der Waals surface area contributed by atoms with Crippen molar-refractivity contribution >= 4 is 28.6 Å². The summed E-state index contributed by atoms with van der Waals surface area (Å²) in [5.74, 6) is -0.958. The molecule has 0 aromatic carbocycles. The van der Waals surface area contributed by atoms with Crippen molar-refractivity contribution in [2.75, 3.05) is 0 Å². The van der Waals surface area contributed by atoms with Gasteiger partial charge in [0.15, 0.2) is 5.69 Å². The molecule has 0 aliphatic carbocycles. The van der Waals surface area contributed by atoms with Crippen LogP contribution >= 0.6 is 22.7 Å². The molecule has 0 atom stereocenters. The van der Waals surface area contributed by atoms with E-state index in [1.54, 1.807) is 11.3 Å². The highest BCUT2D eigenvalue weighted by molar-refractivity contribution is 7.22. The summed E-state index contributed by atoms with van der Waals surface area (Å²) in [6, 6.07) is 3.93. The zero-order valence-corrected chi connectivity index (χ0v) is 9.91. The molecule has 2 heterocycles. The molecule has 15 heavy (non-hydrogen) atoms. The summed E-state index contributed by atoms with van der Waals surface area (Å²) >= 11 is 3.02. The Morgan fingerprint density at radius 2 is 2.07 bits per heavy atom. The third kappa shape index (κ3) is 1.93. The van der Waals surface area contributed by atoms with E-state index in [2.05, 4.69) is 4.98 Å². The van der Waals surface area contributed by atoms with Gasteiger partial charge in [0, 0.05) is 9.75 Å². The van der Waals surface area contributed by atoms with E-state index in [9.17, 15) is 4.79 Å². The molecule has 0 aliphatic heterocycles. The number of hydrogen-bond acceptors (Lipinski definition) is 4. The summed E-state index contributed by atoms with van der Waals surface area (Å²) in [6.07, 6.45) is 0. The molecule has 78 valence electrons. The Hall–Kier alpha value is -1.20. The van der Waals surface area contributed by atoms with Gasteiger partial charge in [0.25, 0.3) is 0 Å². The van der Waals surface area contributed by atoms with Crippen LogP contribution in [0.5, 0.6) is 0 Å². The lowest BCUT2D eigenvalue weighted by atomic mass is 10.3. The van der Waals surface area contributed by atoms with Gasteiger partial charge in [0.2, 0.25) is 0 Å². The van der Waals surface area contributed by atoms with Gasteiger partial charge in [-0.3, -0.25) is 0 Å². The zero-order chi connectivity index (χ0) is 11.0. The maximum absolute atomic E-state index is 11.0. The SMILES string of the molecule is Cc1ccc(-c2sc(C)nc2C(=O)O)s1. The van der Waals surface area contributed by atoms with E-state index in [0.717, 1.165) is 14.8 Å². The Labute approximate surface area is 95.0 Å². The number of carboxylic acid groups (broad SMARTS) is 1. The molecule has 0 bridgehead atoms. The maximum Gasteiger partial charge on any atom is 0.356 e. The van der Waals surface area contributed by atoms with Gasteiger partial charge in [-0.1, -0.05) is 0 Å². The number of thiophene rings is 1. The van der Waals surface area contributed by atoms with Gasteiger partial charge >= 0.3 is 5.97 Å². The summed E-state index contributed by atoms with van der Waals surface area (Å²) in [5.41, 5.74) is 0.166. The van der Waals surface area contributed by atoms with Crippen LogP contribution in [0.25, 0.3) is 9.75 Å². The Kier molecular flexibility index (Phi) is 2.58. The summed E-state index contributed by atoms with van der Waals surface area (Å²) in [4.78, 5) is 17.9. The first kappa shape index (κ1) is 10.3.